The van der Waals surface area contributed by atoms with Crippen molar-refractivity contribution in [3.05, 3.63) is 60.7 Å². The normalized spacial score (nSPS) is 14.6. The van der Waals surface area contributed by atoms with Crippen LogP contribution in [-0.4, -0.2) is 62.5 Å². The summed E-state index contributed by atoms with van der Waals surface area (Å²) in [6, 6.07) is 10.7. The minimum atomic E-state index is 0.525. The molecule has 0 amide bonds. The Hall–Kier alpha value is -3.72. The van der Waals surface area contributed by atoms with E-state index < -0.39 is 0 Å². The van der Waals surface area contributed by atoms with E-state index in [4.69, 9.17) is 9.97 Å². The van der Waals surface area contributed by atoms with Crippen molar-refractivity contribution in [1.82, 2.24) is 29.2 Å². The highest BCUT2D eigenvalue weighted by atomic mass is 15.3. The largest absolute Gasteiger partial charge is 0.356 e. The van der Waals surface area contributed by atoms with Crippen LogP contribution in [0.2, 0.25) is 0 Å². The number of aromatic nitrogens is 5. The molecule has 5 rings (SSSR count). The van der Waals surface area contributed by atoms with Crippen LogP contribution in [0.25, 0.3) is 5.65 Å². The van der Waals surface area contributed by atoms with Crippen molar-refractivity contribution in [2.45, 2.75) is 32.2 Å². The van der Waals surface area contributed by atoms with E-state index in [1.165, 1.54) is 5.56 Å². The second kappa shape index (κ2) is 9.64. The zero-order chi connectivity index (χ0) is 23.5. The van der Waals surface area contributed by atoms with E-state index in [-0.39, 0.29) is 0 Å². The molecule has 176 valence electrons. The number of hydrogen-bond donors (Lipinski definition) is 2. The molecule has 0 atom stereocenters. The number of fused-ring (bicyclic) bond motifs is 1. The summed E-state index contributed by atoms with van der Waals surface area (Å²) in [6.07, 6.45) is 10.7. The van der Waals surface area contributed by atoms with Gasteiger partial charge in [-0.3, -0.25) is 0 Å². The predicted molar refractivity (Wildman–Crippen MR) is 136 cm³/mol. The highest BCUT2D eigenvalue weighted by Crippen LogP contribution is 2.26. The van der Waals surface area contributed by atoms with Crippen LogP contribution >= 0.6 is 0 Å². The summed E-state index contributed by atoms with van der Waals surface area (Å²) < 4.78 is 1.98. The average molecular weight is 458 g/mol. The van der Waals surface area contributed by atoms with Crippen molar-refractivity contribution in [3.63, 3.8) is 0 Å². The topological polar surface area (TPSA) is 86.5 Å². The number of imidazole rings is 1. The average Bonchev–Trinajstić information content (AvgIpc) is 3.32. The fourth-order valence-electron chi connectivity index (χ4n) is 4.34. The Morgan fingerprint density at radius 3 is 2.59 bits per heavy atom. The molecule has 0 saturated carbocycles. The Kier molecular flexibility index (Phi) is 6.27. The van der Waals surface area contributed by atoms with Crippen LogP contribution in [0.5, 0.6) is 0 Å². The summed E-state index contributed by atoms with van der Waals surface area (Å²) in [5.74, 6) is 2.90. The van der Waals surface area contributed by atoms with Gasteiger partial charge in [0.1, 0.15) is 23.1 Å². The standard InChI is InChI=1S/C25H31N9/c1-4-18-5-9-26-21(15-18)29-25-30-22(28-19-6-11-34-14-10-27-23(34)16-19)17-24(31-25)33-12-7-20(8-13-33)32(2)3/h5-6,9-11,14-17,20H,4,7-8,12-13H2,1-3H3,(H2,26,28,29,30,31). The Morgan fingerprint density at radius 1 is 0.941 bits per heavy atom. The SMILES string of the molecule is CCc1ccnc(Nc2nc(Nc3ccn4ccnc4c3)cc(N3CCC(N(C)C)CC3)n2)c1. The smallest absolute Gasteiger partial charge is 0.232 e. The monoisotopic (exact) mass is 457 g/mol. The minimum absolute atomic E-state index is 0.525. The van der Waals surface area contributed by atoms with Crippen LogP contribution in [0.3, 0.4) is 0 Å². The molecule has 5 heterocycles. The molecule has 4 aromatic rings. The zero-order valence-corrected chi connectivity index (χ0v) is 19.9. The first kappa shape index (κ1) is 22.1. The number of hydrogen-bond acceptors (Lipinski definition) is 8. The fraction of sp³-hybridized carbons (Fsp3) is 0.360. The van der Waals surface area contributed by atoms with Crippen molar-refractivity contribution >= 4 is 34.7 Å². The van der Waals surface area contributed by atoms with Gasteiger partial charge in [0.15, 0.2) is 0 Å². The maximum absolute atomic E-state index is 4.85. The third-order valence-electron chi connectivity index (χ3n) is 6.37. The molecule has 0 aromatic carbocycles. The molecule has 0 radical (unpaired) electrons. The molecule has 1 aliphatic rings. The number of nitrogens with one attached hydrogen (secondary N) is 2. The third-order valence-corrected chi connectivity index (χ3v) is 6.37. The first-order chi connectivity index (χ1) is 16.6. The predicted octanol–water partition coefficient (Wildman–Crippen LogP) is 4.10. The molecule has 0 aliphatic carbocycles. The summed E-state index contributed by atoms with van der Waals surface area (Å²) in [5, 5.41) is 6.75. The molecular formula is C25H31N9. The molecule has 0 spiro atoms. The summed E-state index contributed by atoms with van der Waals surface area (Å²) in [6.45, 7) is 4.05. The number of rotatable bonds is 7. The molecular weight excluding hydrogens is 426 g/mol. The highest BCUT2D eigenvalue weighted by Gasteiger charge is 2.22. The summed E-state index contributed by atoms with van der Waals surface area (Å²) >= 11 is 0. The quantitative estimate of drug-likeness (QED) is 0.429. The molecule has 1 aliphatic heterocycles. The van der Waals surface area contributed by atoms with Crippen molar-refractivity contribution in [3.8, 4) is 0 Å². The minimum Gasteiger partial charge on any atom is -0.356 e. The van der Waals surface area contributed by atoms with Crippen LogP contribution in [-0.2, 0) is 6.42 Å². The van der Waals surface area contributed by atoms with E-state index >= 15 is 0 Å². The van der Waals surface area contributed by atoms with Crippen LogP contribution in [0.4, 0.5) is 29.1 Å². The van der Waals surface area contributed by atoms with Gasteiger partial charge in [0.05, 0.1) is 0 Å². The number of pyridine rings is 2. The molecule has 34 heavy (non-hydrogen) atoms. The summed E-state index contributed by atoms with van der Waals surface area (Å²) in [5.41, 5.74) is 3.02. The summed E-state index contributed by atoms with van der Waals surface area (Å²) in [4.78, 5) is 23.1. The van der Waals surface area contributed by atoms with E-state index in [1.54, 1.807) is 6.20 Å². The first-order valence-corrected chi connectivity index (χ1v) is 11.8. The lowest BCUT2D eigenvalue weighted by molar-refractivity contribution is 0.249. The van der Waals surface area contributed by atoms with Crippen LogP contribution < -0.4 is 15.5 Å². The van der Waals surface area contributed by atoms with Gasteiger partial charge in [-0.1, -0.05) is 6.92 Å². The third kappa shape index (κ3) is 4.94. The molecule has 2 N–H and O–H groups in total. The van der Waals surface area contributed by atoms with Gasteiger partial charge < -0.3 is 24.8 Å². The van der Waals surface area contributed by atoms with Gasteiger partial charge in [0, 0.05) is 61.7 Å². The van der Waals surface area contributed by atoms with Gasteiger partial charge in [0.25, 0.3) is 0 Å². The van der Waals surface area contributed by atoms with Gasteiger partial charge in [0.2, 0.25) is 5.95 Å². The lowest BCUT2D eigenvalue weighted by Gasteiger charge is -2.36. The number of nitrogens with zero attached hydrogens (tertiary/aromatic N) is 7. The van der Waals surface area contributed by atoms with Crippen molar-refractivity contribution in [1.29, 1.82) is 0 Å². The zero-order valence-electron chi connectivity index (χ0n) is 19.9. The second-order valence-electron chi connectivity index (χ2n) is 8.88. The number of piperidine rings is 1. The van der Waals surface area contributed by atoms with Gasteiger partial charge >= 0.3 is 0 Å². The fourth-order valence-corrected chi connectivity index (χ4v) is 4.34. The van der Waals surface area contributed by atoms with Crippen LogP contribution in [0.1, 0.15) is 25.3 Å². The Morgan fingerprint density at radius 2 is 1.79 bits per heavy atom. The molecule has 9 heteroatoms. The highest BCUT2D eigenvalue weighted by molar-refractivity contribution is 5.65. The van der Waals surface area contributed by atoms with Crippen molar-refractivity contribution in [2.24, 2.45) is 0 Å². The lowest BCUT2D eigenvalue weighted by atomic mass is 10.0. The molecule has 1 fully saturated rings. The summed E-state index contributed by atoms with van der Waals surface area (Å²) in [7, 11) is 4.31. The molecule has 1 saturated heterocycles. The Labute approximate surface area is 199 Å². The van der Waals surface area contributed by atoms with E-state index in [2.05, 4.69) is 51.4 Å². The maximum atomic E-state index is 4.85. The van der Waals surface area contributed by atoms with Gasteiger partial charge in [-0.25, -0.2) is 9.97 Å². The molecule has 0 bridgehead atoms. The van der Waals surface area contributed by atoms with E-state index in [9.17, 15) is 0 Å². The van der Waals surface area contributed by atoms with Gasteiger partial charge in [-0.2, -0.15) is 9.97 Å². The Bertz CT molecular complexity index is 1260. The maximum Gasteiger partial charge on any atom is 0.232 e. The van der Waals surface area contributed by atoms with Crippen LogP contribution in [0, 0.1) is 0 Å². The van der Waals surface area contributed by atoms with Crippen molar-refractivity contribution < 1.29 is 0 Å². The first-order valence-electron chi connectivity index (χ1n) is 11.8. The Balaban J connectivity index is 1.44. The van der Waals surface area contributed by atoms with Gasteiger partial charge in [-0.15, -0.1) is 0 Å². The number of aryl methyl sites for hydroxylation is 1. The molecule has 4 aromatic heterocycles. The number of anilines is 5. The lowest BCUT2D eigenvalue weighted by Crippen LogP contribution is -2.42. The van der Waals surface area contributed by atoms with E-state index in [0.717, 1.165) is 61.1 Å². The molecule has 9 nitrogen and oxygen atoms in total. The van der Waals surface area contributed by atoms with E-state index in [1.807, 2.05) is 53.3 Å². The van der Waals surface area contributed by atoms with Crippen LogP contribution in [0.15, 0.2) is 55.1 Å². The van der Waals surface area contributed by atoms with Gasteiger partial charge in [-0.05, 0) is 57.1 Å². The molecule has 0 unspecified atom stereocenters. The van der Waals surface area contributed by atoms with E-state index in [0.29, 0.717) is 12.0 Å². The van der Waals surface area contributed by atoms with Crippen molar-refractivity contribution in [2.75, 3.05) is 42.7 Å². The second-order valence-corrected chi connectivity index (χ2v) is 8.88.